The van der Waals surface area contributed by atoms with Gasteiger partial charge in [-0.2, -0.15) is 13.2 Å². The predicted octanol–water partition coefficient (Wildman–Crippen LogP) is 6.25. The predicted molar refractivity (Wildman–Crippen MR) is 163 cm³/mol. The lowest BCUT2D eigenvalue weighted by atomic mass is 9.86. The van der Waals surface area contributed by atoms with Crippen LogP contribution in [0.4, 0.5) is 24.5 Å². The van der Waals surface area contributed by atoms with Crippen molar-refractivity contribution >= 4 is 29.0 Å². The molecule has 1 aromatic heterocycles. The number of carbonyl (C=O) groups excluding carboxylic acids is 1. The number of amides is 1. The first-order valence-corrected chi connectivity index (χ1v) is 15.7. The zero-order valence-corrected chi connectivity index (χ0v) is 24.7. The summed E-state index contributed by atoms with van der Waals surface area (Å²) >= 11 is 1.67. The van der Waals surface area contributed by atoms with Gasteiger partial charge in [0.25, 0.3) is 0 Å². The molecule has 3 aromatic rings. The van der Waals surface area contributed by atoms with Crippen molar-refractivity contribution < 1.29 is 18.0 Å². The molecule has 0 unspecified atom stereocenters. The smallest absolute Gasteiger partial charge is 0.369 e. The number of thioether (sulfide) groups is 1. The quantitative estimate of drug-likeness (QED) is 0.294. The van der Waals surface area contributed by atoms with Gasteiger partial charge in [-0.1, -0.05) is 12.1 Å². The summed E-state index contributed by atoms with van der Waals surface area (Å²) in [4.78, 5) is 25.3. The maximum atomic E-state index is 13.3. The number of pyridine rings is 1. The fourth-order valence-electron chi connectivity index (χ4n) is 6.16. The first-order chi connectivity index (χ1) is 20.3. The number of piperazine rings is 1. The van der Waals surface area contributed by atoms with E-state index in [-0.39, 0.29) is 5.91 Å². The molecule has 0 aliphatic carbocycles. The molecule has 0 spiro atoms. The summed E-state index contributed by atoms with van der Waals surface area (Å²) in [6.07, 6.45) is 3.57. The third kappa shape index (κ3) is 8.05. The van der Waals surface area contributed by atoms with Gasteiger partial charge < -0.3 is 10.2 Å². The highest BCUT2D eigenvalue weighted by molar-refractivity contribution is 7.98. The molecule has 2 aromatic carbocycles. The molecule has 42 heavy (non-hydrogen) atoms. The second-order valence-corrected chi connectivity index (χ2v) is 12.0. The number of anilines is 2. The largest absolute Gasteiger partial charge is 0.416 e. The molecule has 2 aliphatic rings. The van der Waals surface area contributed by atoms with Crippen LogP contribution < -0.4 is 10.2 Å². The van der Waals surface area contributed by atoms with Gasteiger partial charge >= 0.3 is 6.18 Å². The molecular weight excluding hydrogens is 559 g/mol. The highest BCUT2D eigenvalue weighted by Crippen LogP contribution is 2.33. The van der Waals surface area contributed by atoms with Gasteiger partial charge in [-0.3, -0.25) is 19.6 Å². The standard InChI is InChI=1S/C32H38F3N5OS/c1-42-29-10-8-27(9-11-29)37-31(41)12-7-25-23-38(22-24-4-3-14-36-21-24)15-13-30(25)40-18-16-39(17-19-40)28-6-2-5-26(20-28)32(33,34)35/h2-6,8-11,14,20-21,25,30H,7,12-13,15-19,22-23H2,1H3,(H,37,41)/t25-,30+/m1/s1. The van der Waals surface area contributed by atoms with Crippen LogP contribution in [-0.4, -0.2) is 72.3 Å². The SMILES string of the molecule is CSc1ccc(NC(=O)CC[C@@H]2CN(Cc3cccnc3)CC[C@@H]2N2CCN(c3cccc(C(F)(F)F)c3)CC2)cc1. The Bertz CT molecular complexity index is 1300. The number of piperidine rings is 1. The monoisotopic (exact) mass is 597 g/mol. The molecule has 3 heterocycles. The maximum Gasteiger partial charge on any atom is 0.416 e. The van der Waals surface area contributed by atoms with Crippen LogP contribution in [0.5, 0.6) is 0 Å². The Balaban J connectivity index is 1.22. The molecule has 224 valence electrons. The molecule has 5 rings (SSSR count). The number of halogens is 3. The lowest BCUT2D eigenvalue weighted by Gasteiger charge is -2.47. The van der Waals surface area contributed by atoms with E-state index in [1.165, 1.54) is 17.7 Å². The first kappa shape index (κ1) is 30.4. The van der Waals surface area contributed by atoms with Gasteiger partial charge in [-0.05, 0) is 85.7 Å². The van der Waals surface area contributed by atoms with Crippen molar-refractivity contribution in [2.24, 2.45) is 5.92 Å². The third-order valence-electron chi connectivity index (χ3n) is 8.34. The van der Waals surface area contributed by atoms with E-state index in [2.05, 4.69) is 26.2 Å². The molecule has 6 nitrogen and oxygen atoms in total. The minimum Gasteiger partial charge on any atom is -0.369 e. The van der Waals surface area contributed by atoms with E-state index >= 15 is 0 Å². The highest BCUT2D eigenvalue weighted by atomic mass is 32.2. The fraction of sp³-hybridized carbons (Fsp3) is 0.438. The Hall–Kier alpha value is -3.08. The molecule has 10 heteroatoms. The first-order valence-electron chi connectivity index (χ1n) is 14.5. The number of rotatable bonds is 9. The molecule has 0 bridgehead atoms. The Morgan fingerprint density at radius 3 is 2.50 bits per heavy atom. The molecule has 2 atom stereocenters. The number of nitrogens with zero attached hydrogens (tertiary/aromatic N) is 4. The van der Waals surface area contributed by atoms with E-state index in [1.807, 2.05) is 47.7 Å². The van der Waals surface area contributed by atoms with Crippen LogP contribution >= 0.6 is 11.8 Å². The molecular formula is C32H38F3N5OS. The van der Waals surface area contributed by atoms with Crippen LogP contribution in [0.3, 0.4) is 0 Å². The summed E-state index contributed by atoms with van der Waals surface area (Å²) < 4.78 is 39.8. The topological polar surface area (TPSA) is 51.7 Å². The van der Waals surface area contributed by atoms with E-state index in [0.29, 0.717) is 37.2 Å². The molecule has 2 fully saturated rings. The molecule has 1 N–H and O–H groups in total. The van der Waals surface area contributed by atoms with Gasteiger partial charge in [0.05, 0.1) is 5.56 Å². The van der Waals surface area contributed by atoms with E-state index in [0.717, 1.165) is 62.2 Å². The second kappa shape index (κ2) is 13.9. The van der Waals surface area contributed by atoms with Crippen molar-refractivity contribution in [3.63, 3.8) is 0 Å². The average molecular weight is 598 g/mol. The number of hydrogen-bond acceptors (Lipinski definition) is 6. The van der Waals surface area contributed by atoms with Crippen molar-refractivity contribution in [2.45, 2.75) is 42.9 Å². The van der Waals surface area contributed by atoms with E-state index in [9.17, 15) is 18.0 Å². The Morgan fingerprint density at radius 2 is 1.81 bits per heavy atom. The van der Waals surface area contributed by atoms with Gasteiger partial charge in [-0.25, -0.2) is 0 Å². The summed E-state index contributed by atoms with van der Waals surface area (Å²) in [7, 11) is 0. The van der Waals surface area contributed by atoms with Gasteiger partial charge in [0.2, 0.25) is 5.91 Å². The number of aromatic nitrogens is 1. The number of benzene rings is 2. The van der Waals surface area contributed by atoms with Gasteiger partial charge in [0, 0.05) is 80.4 Å². The van der Waals surface area contributed by atoms with Crippen LogP contribution in [0, 0.1) is 5.92 Å². The van der Waals surface area contributed by atoms with Crippen molar-refractivity contribution in [3.8, 4) is 0 Å². The van der Waals surface area contributed by atoms with Crippen molar-refractivity contribution in [1.29, 1.82) is 0 Å². The average Bonchev–Trinajstić information content (AvgIpc) is 3.01. The third-order valence-corrected chi connectivity index (χ3v) is 9.09. The number of hydrogen-bond donors (Lipinski definition) is 1. The highest BCUT2D eigenvalue weighted by Gasteiger charge is 2.35. The number of alkyl halides is 3. The Kier molecular flexibility index (Phi) is 10.1. The zero-order chi connectivity index (χ0) is 29.5. The van der Waals surface area contributed by atoms with Crippen LogP contribution in [-0.2, 0) is 17.5 Å². The van der Waals surface area contributed by atoms with Crippen molar-refractivity contribution in [2.75, 3.05) is 55.7 Å². The molecule has 0 saturated carbocycles. The van der Waals surface area contributed by atoms with Gasteiger partial charge in [0.15, 0.2) is 0 Å². The van der Waals surface area contributed by atoms with Crippen LogP contribution in [0.1, 0.15) is 30.4 Å². The minimum absolute atomic E-state index is 0.0180. The Morgan fingerprint density at radius 1 is 1.02 bits per heavy atom. The minimum atomic E-state index is -4.35. The summed E-state index contributed by atoms with van der Waals surface area (Å²) in [5.74, 6) is 0.324. The van der Waals surface area contributed by atoms with Crippen LogP contribution in [0.2, 0.25) is 0 Å². The molecule has 2 aliphatic heterocycles. The molecule has 1 amide bonds. The summed E-state index contributed by atoms with van der Waals surface area (Å²) in [6, 6.07) is 17.9. The number of likely N-dealkylation sites (tertiary alicyclic amines) is 1. The lowest BCUT2D eigenvalue weighted by molar-refractivity contribution is -0.137. The van der Waals surface area contributed by atoms with E-state index in [4.69, 9.17) is 0 Å². The molecule has 0 radical (unpaired) electrons. The lowest BCUT2D eigenvalue weighted by Crippen LogP contribution is -2.56. The van der Waals surface area contributed by atoms with Gasteiger partial charge in [-0.15, -0.1) is 11.8 Å². The van der Waals surface area contributed by atoms with E-state index in [1.54, 1.807) is 24.0 Å². The number of nitrogens with one attached hydrogen (secondary N) is 1. The zero-order valence-electron chi connectivity index (χ0n) is 23.9. The second-order valence-electron chi connectivity index (χ2n) is 11.1. The summed E-state index contributed by atoms with van der Waals surface area (Å²) in [5.41, 5.74) is 1.99. The van der Waals surface area contributed by atoms with Crippen molar-refractivity contribution in [3.05, 3.63) is 84.2 Å². The van der Waals surface area contributed by atoms with Crippen LogP contribution in [0.15, 0.2) is 78.0 Å². The summed E-state index contributed by atoms with van der Waals surface area (Å²) in [5, 5.41) is 3.05. The fourth-order valence-corrected chi connectivity index (χ4v) is 6.57. The Labute approximate surface area is 250 Å². The van der Waals surface area contributed by atoms with E-state index < -0.39 is 11.7 Å². The number of carbonyl (C=O) groups is 1. The normalized spacial score (nSPS) is 20.4. The van der Waals surface area contributed by atoms with Crippen LogP contribution in [0.25, 0.3) is 0 Å². The molecule has 2 saturated heterocycles. The van der Waals surface area contributed by atoms with Gasteiger partial charge in [0.1, 0.15) is 0 Å². The maximum absolute atomic E-state index is 13.3. The van der Waals surface area contributed by atoms with Crippen molar-refractivity contribution in [1.82, 2.24) is 14.8 Å². The summed E-state index contributed by atoms with van der Waals surface area (Å²) in [6.45, 7) is 5.60.